The minimum Gasteiger partial charge on any atom is -0.325 e. The van der Waals surface area contributed by atoms with Crippen LogP contribution in [0.1, 0.15) is 33.6 Å². The highest BCUT2D eigenvalue weighted by Crippen LogP contribution is 2.42. The van der Waals surface area contributed by atoms with Crippen LogP contribution in [0, 0.1) is 5.92 Å². The Morgan fingerprint density at radius 1 is 1.28 bits per heavy atom. The molecule has 1 saturated heterocycles. The van der Waals surface area contributed by atoms with E-state index in [1.807, 2.05) is 0 Å². The molecule has 9 nitrogen and oxygen atoms in total. The van der Waals surface area contributed by atoms with Crippen LogP contribution >= 0.6 is 0 Å². The average Bonchev–Trinajstić information content (AvgIpc) is 3.47. The van der Waals surface area contributed by atoms with E-state index < -0.39 is 40.0 Å². The van der Waals surface area contributed by atoms with Gasteiger partial charge in [-0.1, -0.05) is 0 Å². The summed E-state index contributed by atoms with van der Waals surface area (Å²) in [6.07, 6.45) is 1.76. The van der Waals surface area contributed by atoms with Crippen LogP contribution in [0.4, 0.5) is 10.5 Å². The lowest BCUT2D eigenvalue weighted by molar-refractivity contribution is -0.134. The number of anilines is 1. The van der Waals surface area contributed by atoms with Gasteiger partial charge < -0.3 is 10.6 Å². The van der Waals surface area contributed by atoms with Gasteiger partial charge in [0.15, 0.2) is 0 Å². The topological polar surface area (TPSA) is 116 Å². The number of sulfonamides is 1. The number of carbonyl (C=O) groups is 3. The number of hydrogen-bond acceptors (Lipinski definition) is 5. The number of urea groups is 1. The first kappa shape index (κ1) is 21.3. The van der Waals surface area contributed by atoms with E-state index in [9.17, 15) is 22.8 Å². The molecule has 1 aromatic carbocycles. The number of nitrogens with one attached hydrogen (secondary N) is 2. The van der Waals surface area contributed by atoms with Crippen molar-refractivity contribution in [2.75, 3.05) is 18.9 Å². The summed E-state index contributed by atoms with van der Waals surface area (Å²) in [4.78, 5) is 38.1. The molecule has 0 aromatic heterocycles. The van der Waals surface area contributed by atoms with E-state index in [1.54, 1.807) is 20.8 Å². The standard InChI is InChI=1S/C19H26N4O5S/c1-12(2)22(4)29(27,28)15-9-7-14(8-10-15)20-16(24)11-23-17(25)19(3,13-5-6-13)21-18(23)26/h7-10,12-13H,5-6,11H2,1-4H3,(H,20,24)(H,21,26)/t19-/m0/s1. The van der Waals surface area contributed by atoms with Crippen molar-refractivity contribution in [3.8, 4) is 0 Å². The minimum absolute atomic E-state index is 0.112. The normalized spacial score (nSPS) is 22.3. The molecule has 1 aliphatic carbocycles. The lowest BCUT2D eigenvalue weighted by atomic mass is 9.96. The minimum atomic E-state index is -3.62. The molecule has 1 heterocycles. The summed E-state index contributed by atoms with van der Waals surface area (Å²) in [7, 11) is -2.11. The zero-order valence-electron chi connectivity index (χ0n) is 16.9. The van der Waals surface area contributed by atoms with Gasteiger partial charge in [0, 0.05) is 18.8 Å². The number of rotatable bonds is 7. The van der Waals surface area contributed by atoms with Crippen molar-refractivity contribution < 1.29 is 22.8 Å². The number of amides is 4. The maximum Gasteiger partial charge on any atom is 0.325 e. The molecule has 0 radical (unpaired) electrons. The molecule has 2 N–H and O–H groups in total. The Labute approximate surface area is 170 Å². The monoisotopic (exact) mass is 422 g/mol. The molecule has 0 unspecified atom stereocenters. The third-order valence-corrected chi connectivity index (χ3v) is 7.59. The number of carbonyl (C=O) groups excluding carboxylic acids is 3. The van der Waals surface area contributed by atoms with Crippen LogP contribution in [0.2, 0.25) is 0 Å². The van der Waals surface area contributed by atoms with Gasteiger partial charge in [-0.3, -0.25) is 14.5 Å². The van der Waals surface area contributed by atoms with E-state index in [0.29, 0.717) is 5.69 Å². The van der Waals surface area contributed by atoms with Gasteiger partial charge in [0.25, 0.3) is 5.91 Å². The SMILES string of the molecule is CC(C)N(C)S(=O)(=O)c1ccc(NC(=O)CN2C(=O)N[C@@](C)(C3CC3)C2=O)cc1. The molecule has 4 amide bonds. The summed E-state index contributed by atoms with van der Waals surface area (Å²) in [6, 6.07) is 4.99. The summed E-state index contributed by atoms with van der Waals surface area (Å²) in [5.74, 6) is -0.813. The largest absolute Gasteiger partial charge is 0.325 e. The molecular weight excluding hydrogens is 396 g/mol. The zero-order chi connectivity index (χ0) is 21.6. The summed E-state index contributed by atoms with van der Waals surface area (Å²) in [5.41, 5.74) is -0.561. The molecule has 1 aromatic rings. The van der Waals surface area contributed by atoms with E-state index in [0.717, 1.165) is 17.7 Å². The molecule has 29 heavy (non-hydrogen) atoms. The van der Waals surface area contributed by atoms with Gasteiger partial charge >= 0.3 is 6.03 Å². The second kappa shape index (κ2) is 7.42. The van der Waals surface area contributed by atoms with Gasteiger partial charge in [-0.05, 0) is 63.8 Å². The van der Waals surface area contributed by atoms with E-state index in [4.69, 9.17) is 0 Å². The Kier molecular flexibility index (Phi) is 5.44. The quantitative estimate of drug-likeness (QED) is 0.644. The predicted molar refractivity (Wildman–Crippen MR) is 107 cm³/mol. The Morgan fingerprint density at radius 2 is 1.86 bits per heavy atom. The second-order valence-corrected chi connectivity index (χ2v) is 9.98. The third kappa shape index (κ3) is 3.99. The number of imide groups is 1. The molecular formula is C19H26N4O5S. The number of benzene rings is 1. The molecule has 158 valence electrons. The van der Waals surface area contributed by atoms with Crippen LogP contribution in [0.25, 0.3) is 0 Å². The van der Waals surface area contributed by atoms with Crippen LogP contribution in [0.15, 0.2) is 29.2 Å². The molecule has 10 heteroatoms. The molecule has 1 atom stereocenters. The molecule has 0 bridgehead atoms. The lowest BCUT2D eigenvalue weighted by Crippen LogP contribution is -2.46. The lowest BCUT2D eigenvalue weighted by Gasteiger charge is -2.21. The van der Waals surface area contributed by atoms with Gasteiger partial charge in [-0.25, -0.2) is 13.2 Å². The average molecular weight is 423 g/mol. The Hall–Kier alpha value is -2.46. The van der Waals surface area contributed by atoms with Crippen LogP contribution in [-0.2, 0) is 19.6 Å². The van der Waals surface area contributed by atoms with Gasteiger partial charge in [0.05, 0.1) is 4.90 Å². The molecule has 2 aliphatic rings. The predicted octanol–water partition coefficient (Wildman–Crippen LogP) is 1.37. The first-order valence-electron chi connectivity index (χ1n) is 9.49. The van der Waals surface area contributed by atoms with Crippen molar-refractivity contribution in [1.82, 2.24) is 14.5 Å². The van der Waals surface area contributed by atoms with Gasteiger partial charge in [0.1, 0.15) is 12.1 Å². The Morgan fingerprint density at radius 3 is 2.38 bits per heavy atom. The van der Waals surface area contributed by atoms with Crippen molar-refractivity contribution in [2.45, 2.75) is 50.1 Å². The fourth-order valence-electron chi connectivity index (χ4n) is 3.29. The van der Waals surface area contributed by atoms with E-state index in [1.165, 1.54) is 35.6 Å². The molecule has 3 rings (SSSR count). The Balaban J connectivity index is 1.64. The van der Waals surface area contributed by atoms with Gasteiger partial charge in [0.2, 0.25) is 15.9 Å². The third-order valence-electron chi connectivity index (χ3n) is 5.54. The Bertz CT molecular complexity index is 940. The number of hydrogen-bond donors (Lipinski definition) is 2. The van der Waals surface area contributed by atoms with Crippen molar-refractivity contribution in [3.63, 3.8) is 0 Å². The van der Waals surface area contributed by atoms with E-state index in [2.05, 4.69) is 10.6 Å². The van der Waals surface area contributed by atoms with Crippen LogP contribution in [0.5, 0.6) is 0 Å². The highest BCUT2D eigenvalue weighted by molar-refractivity contribution is 7.89. The molecule has 2 fully saturated rings. The molecule has 1 aliphatic heterocycles. The maximum absolute atomic E-state index is 12.6. The number of nitrogens with zero attached hydrogens (tertiary/aromatic N) is 2. The van der Waals surface area contributed by atoms with E-state index in [-0.39, 0.29) is 16.9 Å². The molecule has 0 spiro atoms. The van der Waals surface area contributed by atoms with Crippen LogP contribution in [-0.4, -0.2) is 60.6 Å². The zero-order valence-corrected chi connectivity index (χ0v) is 17.7. The summed E-state index contributed by atoms with van der Waals surface area (Å²) < 4.78 is 26.2. The second-order valence-electron chi connectivity index (χ2n) is 7.99. The van der Waals surface area contributed by atoms with Gasteiger partial charge in [-0.2, -0.15) is 4.31 Å². The first-order chi connectivity index (χ1) is 13.5. The smallest absolute Gasteiger partial charge is 0.325 e. The summed E-state index contributed by atoms with van der Waals surface area (Å²) in [5, 5.41) is 5.28. The highest BCUT2D eigenvalue weighted by Gasteiger charge is 2.56. The maximum atomic E-state index is 12.6. The van der Waals surface area contributed by atoms with E-state index >= 15 is 0 Å². The van der Waals surface area contributed by atoms with Crippen LogP contribution < -0.4 is 10.6 Å². The summed E-state index contributed by atoms with van der Waals surface area (Å²) >= 11 is 0. The fraction of sp³-hybridized carbons (Fsp3) is 0.526. The summed E-state index contributed by atoms with van der Waals surface area (Å²) in [6.45, 7) is 4.84. The van der Waals surface area contributed by atoms with Crippen molar-refractivity contribution in [2.24, 2.45) is 5.92 Å². The van der Waals surface area contributed by atoms with Crippen molar-refractivity contribution in [1.29, 1.82) is 0 Å². The van der Waals surface area contributed by atoms with Crippen molar-refractivity contribution >= 4 is 33.6 Å². The van der Waals surface area contributed by atoms with Gasteiger partial charge in [-0.15, -0.1) is 0 Å². The highest BCUT2D eigenvalue weighted by atomic mass is 32.2. The molecule has 1 saturated carbocycles. The fourth-order valence-corrected chi connectivity index (χ4v) is 4.66. The van der Waals surface area contributed by atoms with Crippen molar-refractivity contribution in [3.05, 3.63) is 24.3 Å². The van der Waals surface area contributed by atoms with Crippen LogP contribution in [0.3, 0.4) is 0 Å². The first-order valence-corrected chi connectivity index (χ1v) is 10.9.